The van der Waals surface area contributed by atoms with Gasteiger partial charge in [-0.3, -0.25) is 14.9 Å². The molecule has 0 atom stereocenters. The number of hydrogen-bond donors (Lipinski definition) is 1. The Morgan fingerprint density at radius 1 is 1.24 bits per heavy atom. The molecule has 0 radical (unpaired) electrons. The lowest BCUT2D eigenvalue weighted by Crippen LogP contribution is -2.14. The largest absolute Gasteiger partial charge is 0.486 e. The van der Waals surface area contributed by atoms with Crippen LogP contribution >= 0.6 is 11.8 Å². The molecule has 0 aliphatic rings. The van der Waals surface area contributed by atoms with Crippen LogP contribution in [0, 0.1) is 17.0 Å². The van der Waals surface area contributed by atoms with Crippen LogP contribution in [0.2, 0.25) is 0 Å². The molecule has 1 N–H and O–H groups in total. The predicted molar refractivity (Wildman–Crippen MR) is 109 cm³/mol. The molecule has 29 heavy (non-hydrogen) atoms. The predicted octanol–water partition coefficient (Wildman–Crippen LogP) is 3.34. The highest BCUT2D eigenvalue weighted by atomic mass is 32.2. The van der Waals surface area contributed by atoms with Crippen LogP contribution in [0.25, 0.3) is 0 Å². The van der Waals surface area contributed by atoms with Crippen molar-refractivity contribution in [3.8, 4) is 5.75 Å². The van der Waals surface area contributed by atoms with Crippen molar-refractivity contribution in [2.75, 3.05) is 11.1 Å². The molecule has 3 aromatic rings. The molecule has 0 unspecified atom stereocenters. The number of carbonyl (C=O) groups is 1. The van der Waals surface area contributed by atoms with Crippen LogP contribution in [0.5, 0.6) is 5.75 Å². The molecule has 1 heterocycles. The van der Waals surface area contributed by atoms with Crippen LogP contribution < -0.4 is 10.1 Å². The van der Waals surface area contributed by atoms with Gasteiger partial charge in [-0.2, -0.15) is 0 Å². The van der Waals surface area contributed by atoms with Crippen molar-refractivity contribution >= 4 is 29.0 Å². The first-order chi connectivity index (χ1) is 13.9. The van der Waals surface area contributed by atoms with Crippen molar-refractivity contribution in [1.29, 1.82) is 0 Å². The number of thioether (sulfide) groups is 1. The van der Waals surface area contributed by atoms with E-state index in [4.69, 9.17) is 4.74 Å². The van der Waals surface area contributed by atoms with Crippen molar-refractivity contribution in [3.63, 3.8) is 0 Å². The first-order valence-electron chi connectivity index (χ1n) is 8.67. The van der Waals surface area contributed by atoms with Gasteiger partial charge in [-0.15, -0.1) is 10.2 Å². The zero-order valence-electron chi connectivity index (χ0n) is 15.9. The average molecular weight is 413 g/mol. The first kappa shape index (κ1) is 20.3. The lowest BCUT2D eigenvalue weighted by molar-refractivity contribution is -0.384. The van der Waals surface area contributed by atoms with Gasteiger partial charge in [0.1, 0.15) is 12.4 Å². The average Bonchev–Trinajstić information content (AvgIpc) is 3.04. The van der Waals surface area contributed by atoms with Gasteiger partial charge in [-0.1, -0.05) is 30.0 Å². The molecule has 0 aliphatic carbocycles. The topological polar surface area (TPSA) is 112 Å². The van der Waals surface area contributed by atoms with Crippen molar-refractivity contribution in [1.82, 2.24) is 14.8 Å². The van der Waals surface area contributed by atoms with Gasteiger partial charge in [0.25, 0.3) is 5.69 Å². The Morgan fingerprint density at radius 3 is 2.79 bits per heavy atom. The second kappa shape index (κ2) is 9.20. The summed E-state index contributed by atoms with van der Waals surface area (Å²) >= 11 is 1.22. The minimum absolute atomic E-state index is 0.0815. The summed E-state index contributed by atoms with van der Waals surface area (Å²) in [6.45, 7) is 2.25. The quantitative estimate of drug-likeness (QED) is 0.342. The van der Waals surface area contributed by atoms with E-state index in [2.05, 4.69) is 15.5 Å². The molecule has 0 spiro atoms. The molecule has 0 aliphatic heterocycles. The van der Waals surface area contributed by atoms with Crippen LogP contribution in [-0.4, -0.2) is 31.3 Å². The minimum Gasteiger partial charge on any atom is -0.486 e. The van der Waals surface area contributed by atoms with Crippen molar-refractivity contribution in [2.24, 2.45) is 7.05 Å². The number of nitrogens with one attached hydrogen (secondary N) is 1. The van der Waals surface area contributed by atoms with E-state index in [0.29, 0.717) is 16.7 Å². The Kier molecular flexibility index (Phi) is 6.45. The number of amides is 1. The van der Waals surface area contributed by atoms with E-state index >= 15 is 0 Å². The highest BCUT2D eigenvalue weighted by Gasteiger charge is 2.13. The normalized spacial score (nSPS) is 10.6. The van der Waals surface area contributed by atoms with Gasteiger partial charge in [0.15, 0.2) is 11.0 Å². The number of nitrogens with zero attached hydrogens (tertiary/aromatic N) is 4. The third-order valence-electron chi connectivity index (χ3n) is 3.96. The van der Waals surface area contributed by atoms with Gasteiger partial charge in [0.05, 0.1) is 10.7 Å². The Balaban J connectivity index is 1.54. The zero-order chi connectivity index (χ0) is 20.8. The van der Waals surface area contributed by atoms with E-state index in [9.17, 15) is 14.9 Å². The summed E-state index contributed by atoms with van der Waals surface area (Å²) in [6, 6.07) is 13.5. The van der Waals surface area contributed by atoms with Crippen LogP contribution in [0.15, 0.2) is 53.7 Å². The fourth-order valence-electron chi connectivity index (χ4n) is 2.47. The lowest BCUT2D eigenvalue weighted by Gasteiger charge is -2.07. The van der Waals surface area contributed by atoms with Crippen molar-refractivity contribution in [3.05, 3.63) is 70.0 Å². The zero-order valence-corrected chi connectivity index (χ0v) is 16.7. The molecule has 9 nitrogen and oxygen atoms in total. The number of nitro benzene ring substituents is 1. The van der Waals surface area contributed by atoms with Crippen LogP contribution in [0.3, 0.4) is 0 Å². The number of anilines is 1. The molecule has 0 saturated heterocycles. The van der Waals surface area contributed by atoms with E-state index in [1.165, 1.54) is 30.0 Å². The Labute approximate surface area is 171 Å². The molecular weight excluding hydrogens is 394 g/mol. The van der Waals surface area contributed by atoms with Gasteiger partial charge in [0.2, 0.25) is 5.91 Å². The number of non-ortho nitro benzene ring substituents is 1. The van der Waals surface area contributed by atoms with Crippen molar-refractivity contribution < 1.29 is 14.5 Å². The van der Waals surface area contributed by atoms with E-state index < -0.39 is 4.92 Å². The van der Waals surface area contributed by atoms with Gasteiger partial charge in [-0.05, 0) is 30.7 Å². The molecule has 0 bridgehead atoms. The van der Waals surface area contributed by atoms with Gasteiger partial charge in [0, 0.05) is 24.9 Å². The summed E-state index contributed by atoms with van der Waals surface area (Å²) in [5.41, 5.74) is 1.39. The van der Waals surface area contributed by atoms with Gasteiger partial charge >= 0.3 is 0 Å². The number of nitro groups is 1. The smallest absolute Gasteiger partial charge is 0.271 e. The maximum absolute atomic E-state index is 12.1. The summed E-state index contributed by atoms with van der Waals surface area (Å²) < 4.78 is 7.50. The van der Waals surface area contributed by atoms with E-state index in [0.717, 1.165) is 11.3 Å². The van der Waals surface area contributed by atoms with Crippen molar-refractivity contribution in [2.45, 2.75) is 18.7 Å². The molecule has 150 valence electrons. The molecule has 0 fully saturated rings. The first-order valence-corrected chi connectivity index (χ1v) is 9.66. The molecule has 10 heteroatoms. The number of hydrogen-bond acceptors (Lipinski definition) is 7. The molecular formula is C19H19N5O4S. The number of benzene rings is 2. The highest BCUT2D eigenvalue weighted by molar-refractivity contribution is 7.99. The van der Waals surface area contributed by atoms with E-state index in [1.54, 1.807) is 17.7 Å². The third-order valence-corrected chi connectivity index (χ3v) is 4.98. The Bertz CT molecular complexity index is 1040. The number of rotatable bonds is 8. The second-order valence-corrected chi connectivity index (χ2v) is 7.15. The SMILES string of the molecule is Cc1cccc(OCc2nnc(SCC(=O)Nc3cccc([N+](=O)[O-])c3)n2C)c1. The summed E-state index contributed by atoms with van der Waals surface area (Å²) in [4.78, 5) is 22.4. The monoisotopic (exact) mass is 413 g/mol. The maximum Gasteiger partial charge on any atom is 0.271 e. The molecule has 3 rings (SSSR count). The Hall–Kier alpha value is -3.40. The summed E-state index contributed by atoms with van der Waals surface area (Å²) in [6.07, 6.45) is 0. The number of ether oxygens (including phenoxy) is 1. The number of carbonyl (C=O) groups excluding carboxylic acids is 1. The summed E-state index contributed by atoms with van der Waals surface area (Å²) in [5.74, 6) is 1.18. The maximum atomic E-state index is 12.1. The number of aromatic nitrogens is 3. The van der Waals surface area contributed by atoms with E-state index in [-0.39, 0.29) is 24.0 Å². The summed E-state index contributed by atoms with van der Waals surface area (Å²) in [7, 11) is 1.80. The molecule has 2 aromatic carbocycles. The molecule has 1 aromatic heterocycles. The highest BCUT2D eigenvalue weighted by Crippen LogP contribution is 2.20. The molecule has 1 amide bonds. The van der Waals surface area contributed by atoms with Gasteiger partial charge < -0.3 is 14.6 Å². The Morgan fingerprint density at radius 2 is 2.03 bits per heavy atom. The standard InChI is InChI=1S/C19H19N5O4S/c1-13-5-3-8-16(9-13)28-11-17-21-22-19(23(17)2)29-12-18(25)20-14-6-4-7-15(10-14)24(26)27/h3-10H,11-12H2,1-2H3,(H,20,25). The lowest BCUT2D eigenvalue weighted by atomic mass is 10.2. The van der Waals surface area contributed by atoms with Crippen LogP contribution in [0.4, 0.5) is 11.4 Å². The van der Waals surface area contributed by atoms with Crippen LogP contribution in [-0.2, 0) is 18.4 Å². The second-order valence-electron chi connectivity index (χ2n) is 6.21. The summed E-state index contributed by atoms with van der Waals surface area (Å²) in [5, 5.41) is 22.2. The fourth-order valence-corrected chi connectivity index (χ4v) is 3.20. The molecule has 0 saturated carbocycles. The van der Waals surface area contributed by atoms with E-state index in [1.807, 2.05) is 31.2 Å². The fraction of sp³-hybridized carbons (Fsp3) is 0.211. The number of aryl methyl sites for hydroxylation is 1. The van der Waals surface area contributed by atoms with Gasteiger partial charge in [-0.25, -0.2) is 0 Å². The third kappa shape index (κ3) is 5.55. The minimum atomic E-state index is -0.510. The van der Waals surface area contributed by atoms with Crippen LogP contribution in [0.1, 0.15) is 11.4 Å².